The van der Waals surface area contributed by atoms with Crippen molar-refractivity contribution in [3.63, 3.8) is 0 Å². The lowest BCUT2D eigenvalue weighted by Gasteiger charge is -2.23. The van der Waals surface area contributed by atoms with E-state index in [2.05, 4.69) is 15.8 Å². The molecule has 2 fully saturated rings. The number of hydrogen-bond acceptors (Lipinski definition) is 2. The van der Waals surface area contributed by atoms with Crippen molar-refractivity contribution in [2.45, 2.75) is 45.6 Å². The molecule has 2 bridgehead atoms. The molecule has 0 unspecified atom stereocenters. The third-order valence-electron chi connectivity index (χ3n) is 3.44. The van der Waals surface area contributed by atoms with Gasteiger partial charge in [0, 0.05) is 11.8 Å². The Labute approximate surface area is 96.7 Å². The molecule has 0 aromatic heterocycles. The first-order valence-corrected chi connectivity index (χ1v) is 6.13. The van der Waals surface area contributed by atoms with Crippen LogP contribution in [0.15, 0.2) is 5.10 Å². The number of hydrogen-bond donors (Lipinski definition) is 2. The first-order valence-electron chi connectivity index (χ1n) is 5.72. The van der Waals surface area contributed by atoms with Crippen LogP contribution in [0.5, 0.6) is 0 Å². The molecule has 2 N–H and O–H groups in total. The predicted molar refractivity (Wildman–Crippen MR) is 66.9 cm³/mol. The SMILES string of the molecule is CC(C)=NNC(=S)N[C@@H]1C[C@@H]2CC[C@@H]1C2. The zero-order chi connectivity index (χ0) is 10.8. The number of nitrogens with zero attached hydrogens (tertiary/aromatic N) is 1. The molecule has 2 rings (SSSR count). The Hall–Kier alpha value is -0.640. The lowest BCUT2D eigenvalue weighted by atomic mass is 9.96. The normalized spacial score (nSPS) is 32.5. The zero-order valence-corrected chi connectivity index (χ0v) is 10.2. The van der Waals surface area contributed by atoms with Crippen LogP contribution in [0, 0.1) is 11.8 Å². The van der Waals surface area contributed by atoms with Crippen LogP contribution in [0.3, 0.4) is 0 Å². The van der Waals surface area contributed by atoms with E-state index in [9.17, 15) is 0 Å². The van der Waals surface area contributed by atoms with E-state index in [0.717, 1.165) is 17.5 Å². The number of fused-ring (bicyclic) bond motifs is 2. The molecule has 0 radical (unpaired) electrons. The van der Waals surface area contributed by atoms with Gasteiger partial charge in [-0.3, -0.25) is 5.43 Å². The molecule has 2 saturated carbocycles. The Balaban J connectivity index is 1.77. The van der Waals surface area contributed by atoms with Crippen LogP contribution in [0.4, 0.5) is 0 Å². The number of thiocarbonyl (C=S) groups is 1. The Morgan fingerprint density at radius 1 is 1.27 bits per heavy atom. The van der Waals surface area contributed by atoms with Gasteiger partial charge in [0.25, 0.3) is 0 Å². The standard InChI is InChI=1S/C11H19N3S/c1-7(2)13-14-11(15)12-10-6-8-3-4-9(10)5-8/h8-10H,3-6H2,1-2H3,(H2,12,14,15)/t8-,9-,10-/m1/s1. The summed E-state index contributed by atoms with van der Waals surface area (Å²) in [6, 6.07) is 0.594. The van der Waals surface area contributed by atoms with Gasteiger partial charge in [-0.1, -0.05) is 6.42 Å². The van der Waals surface area contributed by atoms with Crippen molar-refractivity contribution in [1.82, 2.24) is 10.7 Å². The second-order valence-electron chi connectivity index (χ2n) is 4.93. The third-order valence-corrected chi connectivity index (χ3v) is 3.64. The van der Waals surface area contributed by atoms with Crippen LogP contribution in [-0.2, 0) is 0 Å². The molecule has 0 saturated heterocycles. The van der Waals surface area contributed by atoms with Gasteiger partial charge in [-0.25, -0.2) is 0 Å². The maximum atomic E-state index is 5.20. The molecule has 0 aliphatic heterocycles. The highest BCUT2D eigenvalue weighted by Crippen LogP contribution is 2.44. The molecule has 2 aliphatic carbocycles. The van der Waals surface area contributed by atoms with Gasteiger partial charge in [-0.2, -0.15) is 5.10 Å². The minimum absolute atomic E-state index is 0.594. The lowest BCUT2D eigenvalue weighted by Crippen LogP contribution is -2.42. The summed E-state index contributed by atoms with van der Waals surface area (Å²) >= 11 is 5.20. The fraction of sp³-hybridized carbons (Fsp3) is 0.818. The largest absolute Gasteiger partial charge is 0.358 e. The monoisotopic (exact) mass is 225 g/mol. The van der Waals surface area contributed by atoms with Crippen molar-refractivity contribution >= 4 is 23.0 Å². The Kier molecular flexibility index (Phi) is 3.24. The summed E-state index contributed by atoms with van der Waals surface area (Å²) in [5.41, 5.74) is 3.87. The molecule has 15 heavy (non-hydrogen) atoms. The van der Waals surface area contributed by atoms with Crippen LogP contribution < -0.4 is 10.7 Å². The molecule has 0 aromatic carbocycles. The van der Waals surface area contributed by atoms with Crippen LogP contribution in [0.25, 0.3) is 0 Å². The van der Waals surface area contributed by atoms with Gasteiger partial charge in [-0.15, -0.1) is 0 Å². The number of nitrogens with one attached hydrogen (secondary N) is 2. The Morgan fingerprint density at radius 3 is 2.60 bits per heavy atom. The number of rotatable bonds is 2. The van der Waals surface area contributed by atoms with E-state index >= 15 is 0 Å². The molecular weight excluding hydrogens is 206 g/mol. The molecule has 0 amide bonds. The molecule has 0 spiro atoms. The smallest absolute Gasteiger partial charge is 0.187 e. The minimum atomic E-state index is 0.594. The van der Waals surface area contributed by atoms with Gasteiger partial charge in [0.15, 0.2) is 5.11 Å². The van der Waals surface area contributed by atoms with E-state index in [1.807, 2.05) is 13.8 Å². The van der Waals surface area contributed by atoms with Crippen molar-refractivity contribution < 1.29 is 0 Å². The second-order valence-corrected chi connectivity index (χ2v) is 5.33. The molecule has 3 atom stereocenters. The van der Waals surface area contributed by atoms with E-state index in [1.54, 1.807) is 0 Å². The maximum absolute atomic E-state index is 5.20. The van der Waals surface area contributed by atoms with Gasteiger partial charge in [-0.05, 0) is 57.2 Å². The third kappa shape index (κ3) is 2.68. The van der Waals surface area contributed by atoms with E-state index in [4.69, 9.17) is 12.2 Å². The average molecular weight is 225 g/mol. The van der Waals surface area contributed by atoms with Crippen LogP contribution in [0.2, 0.25) is 0 Å². The summed E-state index contributed by atoms with van der Waals surface area (Å²) in [6.45, 7) is 3.90. The highest BCUT2D eigenvalue weighted by molar-refractivity contribution is 7.80. The molecule has 0 aromatic rings. The molecule has 3 nitrogen and oxygen atoms in total. The van der Waals surface area contributed by atoms with E-state index in [-0.39, 0.29) is 0 Å². The van der Waals surface area contributed by atoms with E-state index in [0.29, 0.717) is 11.2 Å². The summed E-state index contributed by atoms with van der Waals surface area (Å²) in [7, 11) is 0. The van der Waals surface area contributed by atoms with Gasteiger partial charge in [0.2, 0.25) is 0 Å². The average Bonchev–Trinajstić information content (AvgIpc) is 2.76. The van der Waals surface area contributed by atoms with E-state index in [1.165, 1.54) is 25.7 Å². The first kappa shape index (κ1) is 10.9. The molecule has 84 valence electrons. The zero-order valence-electron chi connectivity index (χ0n) is 9.42. The molecule has 2 aliphatic rings. The van der Waals surface area contributed by atoms with Crippen molar-refractivity contribution in [3.8, 4) is 0 Å². The predicted octanol–water partition coefficient (Wildman–Crippen LogP) is 2.03. The number of hydrazone groups is 1. The van der Waals surface area contributed by atoms with Gasteiger partial charge < -0.3 is 5.32 Å². The van der Waals surface area contributed by atoms with Gasteiger partial charge >= 0.3 is 0 Å². The summed E-state index contributed by atoms with van der Waals surface area (Å²) < 4.78 is 0. The Morgan fingerprint density at radius 2 is 2.07 bits per heavy atom. The summed E-state index contributed by atoms with van der Waals surface area (Å²) in [5.74, 6) is 1.80. The summed E-state index contributed by atoms with van der Waals surface area (Å²) in [5, 5.41) is 8.15. The van der Waals surface area contributed by atoms with Crippen LogP contribution in [-0.4, -0.2) is 16.9 Å². The van der Waals surface area contributed by atoms with Crippen molar-refractivity contribution in [2.24, 2.45) is 16.9 Å². The van der Waals surface area contributed by atoms with Crippen LogP contribution in [0.1, 0.15) is 39.5 Å². The Bertz CT molecular complexity index is 284. The minimum Gasteiger partial charge on any atom is -0.358 e. The lowest BCUT2D eigenvalue weighted by molar-refractivity contribution is 0.389. The molecule has 4 heteroatoms. The van der Waals surface area contributed by atoms with Crippen molar-refractivity contribution in [1.29, 1.82) is 0 Å². The summed E-state index contributed by atoms with van der Waals surface area (Å²) in [4.78, 5) is 0. The quantitative estimate of drug-likeness (QED) is 0.429. The molecule has 0 heterocycles. The van der Waals surface area contributed by atoms with Crippen LogP contribution >= 0.6 is 12.2 Å². The van der Waals surface area contributed by atoms with Crippen molar-refractivity contribution in [2.75, 3.05) is 0 Å². The highest BCUT2D eigenvalue weighted by atomic mass is 32.1. The fourth-order valence-corrected chi connectivity index (χ4v) is 2.98. The van der Waals surface area contributed by atoms with Gasteiger partial charge in [0.1, 0.15) is 0 Å². The summed E-state index contributed by atoms with van der Waals surface area (Å²) in [6.07, 6.45) is 5.49. The fourth-order valence-electron chi connectivity index (χ4n) is 2.78. The first-order chi connectivity index (χ1) is 7.15. The van der Waals surface area contributed by atoms with Gasteiger partial charge in [0.05, 0.1) is 0 Å². The molecular formula is C11H19N3S. The highest BCUT2D eigenvalue weighted by Gasteiger charge is 2.39. The second kappa shape index (κ2) is 4.47. The van der Waals surface area contributed by atoms with Crippen molar-refractivity contribution in [3.05, 3.63) is 0 Å². The van der Waals surface area contributed by atoms with E-state index < -0.39 is 0 Å². The maximum Gasteiger partial charge on any atom is 0.187 e. The topological polar surface area (TPSA) is 36.4 Å².